The molecule has 148 valence electrons. The molecule has 2 aromatic carbocycles. The number of ether oxygens (including phenoxy) is 1. The molecule has 2 aromatic rings. The number of aryl methyl sites for hydroxylation is 1. The lowest BCUT2D eigenvalue weighted by Gasteiger charge is -2.16. The standard InChI is InChI=1S/C24H29NO3/c1-17(26)8-5-4-6-9-18-10-7-11-20(14-18)28-16-19-12-13-22-21(15-19)24(2,3)23(27)25-22/h7,10-15H,4-6,8-9,16H2,1-3H3,(H,25,27). The van der Waals surface area contributed by atoms with Crippen LogP contribution < -0.4 is 10.1 Å². The predicted octanol–water partition coefficient (Wildman–Crippen LogP) is 5.19. The van der Waals surface area contributed by atoms with E-state index in [1.165, 1.54) is 5.56 Å². The highest BCUT2D eigenvalue weighted by atomic mass is 16.5. The largest absolute Gasteiger partial charge is 0.489 e. The number of carbonyl (C=O) groups is 2. The fourth-order valence-corrected chi connectivity index (χ4v) is 3.55. The average molecular weight is 380 g/mol. The fraction of sp³-hybridized carbons (Fsp3) is 0.417. The summed E-state index contributed by atoms with van der Waals surface area (Å²) in [6.45, 7) is 6.01. The smallest absolute Gasteiger partial charge is 0.234 e. The van der Waals surface area contributed by atoms with Gasteiger partial charge in [-0.2, -0.15) is 0 Å². The minimum absolute atomic E-state index is 0.0385. The first-order valence-corrected chi connectivity index (χ1v) is 10.0. The van der Waals surface area contributed by atoms with Gasteiger partial charge in [0.2, 0.25) is 5.91 Å². The van der Waals surface area contributed by atoms with Crippen molar-refractivity contribution in [1.29, 1.82) is 0 Å². The molecule has 0 bridgehead atoms. The Hall–Kier alpha value is -2.62. The summed E-state index contributed by atoms with van der Waals surface area (Å²) >= 11 is 0. The van der Waals surface area contributed by atoms with Crippen LogP contribution in [0.4, 0.5) is 5.69 Å². The van der Waals surface area contributed by atoms with Crippen molar-refractivity contribution < 1.29 is 14.3 Å². The highest BCUT2D eigenvalue weighted by Crippen LogP contribution is 2.37. The van der Waals surface area contributed by atoms with Crippen molar-refractivity contribution in [2.75, 3.05) is 5.32 Å². The number of nitrogens with one attached hydrogen (secondary N) is 1. The minimum Gasteiger partial charge on any atom is -0.489 e. The molecule has 1 aliphatic heterocycles. The van der Waals surface area contributed by atoms with Crippen LogP contribution in [0.5, 0.6) is 5.75 Å². The van der Waals surface area contributed by atoms with Crippen LogP contribution in [-0.2, 0) is 28.0 Å². The number of carbonyl (C=O) groups excluding carboxylic acids is 2. The summed E-state index contributed by atoms with van der Waals surface area (Å²) in [5.74, 6) is 1.16. The fourth-order valence-electron chi connectivity index (χ4n) is 3.55. The van der Waals surface area contributed by atoms with Crippen LogP contribution in [0.15, 0.2) is 42.5 Å². The first kappa shape index (κ1) is 20.1. The Morgan fingerprint density at radius 2 is 1.86 bits per heavy atom. The zero-order chi connectivity index (χ0) is 20.1. The van der Waals surface area contributed by atoms with Crippen molar-refractivity contribution in [3.8, 4) is 5.75 Å². The Labute approximate surface area is 167 Å². The highest BCUT2D eigenvalue weighted by molar-refractivity contribution is 6.05. The molecule has 1 aliphatic rings. The third-order valence-corrected chi connectivity index (χ3v) is 5.37. The molecule has 0 radical (unpaired) electrons. The lowest BCUT2D eigenvalue weighted by Crippen LogP contribution is -2.26. The number of unbranched alkanes of at least 4 members (excludes halogenated alkanes) is 2. The number of benzene rings is 2. The maximum Gasteiger partial charge on any atom is 0.234 e. The van der Waals surface area contributed by atoms with E-state index in [9.17, 15) is 9.59 Å². The van der Waals surface area contributed by atoms with E-state index in [-0.39, 0.29) is 11.7 Å². The number of ketones is 1. The number of anilines is 1. The van der Waals surface area contributed by atoms with Gasteiger partial charge >= 0.3 is 0 Å². The number of hydrogen-bond donors (Lipinski definition) is 1. The molecular weight excluding hydrogens is 350 g/mol. The Balaban J connectivity index is 1.55. The molecule has 1 heterocycles. The van der Waals surface area contributed by atoms with E-state index in [0.717, 1.165) is 48.2 Å². The molecule has 0 fully saturated rings. The van der Waals surface area contributed by atoms with Gasteiger partial charge in [-0.15, -0.1) is 0 Å². The van der Waals surface area contributed by atoms with Crippen molar-refractivity contribution in [3.05, 3.63) is 59.2 Å². The summed E-state index contributed by atoms with van der Waals surface area (Å²) in [5, 5.41) is 2.93. The molecule has 0 unspecified atom stereocenters. The Bertz CT molecular complexity index is 870. The molecule has 28 heavy (non-hydrogen) atoms. The SMILES string of the molecule is CC(=O)CCCCCc1cccc(OCc2ccc3c(c2)C(C)(C)C(=O)N3)c1. The van der Waals surface area contributed by atoms with Crippen LogP contribution in [0.25, 0.3) is 0 Å². The van der Waals surface area contributed by atoms with Gasteiger partial charge in [0.1, 0.15) is 18.1 Å². The van der Waals surface area contributed by atoms with Crippen molar-refractivity contribution in [2.24, 2.45) is 0 Å². The lowest BCUT2D eigenvalue weighted by molar-refractivity contribution is -0.119. The number of hydrogen-bond acceptors (Lipinski definition) is 3. The first-order chi connectivity index (χ1) is 13.4. The number of rotatable bonds is 9. The number of amides is 1. The molecule has 0 atom stereocenters. The molecule has 0 saturated carbocycles. The molecule has 3 rings (SSSR count). The van der Waals surface area contributed by atoms with Gasteiger partial charge in [-0.25, -0.2) is 0 Å². The van der Waals surface area contributed by atoms with Gasteiger partial charge in [-0.1, -0.05) is 24.6 Å². The van der Waals surface area contributed by atoms with Gasteiger partial charge < -0.3 is 14.8 Å². The van der Waals surface area contributed by atoms with Crippen molar-refractivity contribution in [2.45, 2.75) is 64.9 Å². The van der Waals surface area contributed by atoms with Gasteiger partial charge in [0.05, 0.1) is 5.41 Å². The van der Waals surface area contributed by atoms with E-state index >= 15 is 0 Å². The van der Waals surface area contributed by atoms with Gasteiger partial charge in [-0.05, 0) is 81.0 Å². The maximum atomic E-state index is 12.1. The molecule has 1 amide bonds. The molecular formula is C24H29NO3. The normalized spacial score (nSPS) is 14.5. The van der Waals surface area contributed by atoms with Gasteiger partial charge in [0.25, 0.3) is 0 Å². The van der Waals surface area contributed by atoms with E-state index in [1.54, 1.807) is 6.92 Å². The monoisotopic (exact) mass is 379 g/mol. The molecule has 4 heteroatoms. The van der Waals surface area contributed by atoms with E-state index < -0.39 is 5.41 Å². The topological polar surface area (TPSA) is 55.4 Å². The van der Waals surface area contributed by atoms with Gasteiger partial charge in [-0.3, -0.25) is 4.79 Å². The second-order valence-corrected chi connectivity index (χ2v) is 8.16. The Kier molecular flexibility index (Phi) is 6.18. The van der Waals surface area contributed by atoms with Crippen LogP contribution in [-0.4, -0.2) is 11.7 Å². The lowest BCUT2D eigenvalue weighted by atomic mass is 9.85. The summed E-state index contributed by atoms with van der Waals surface area (Å²) in [6.07, 6.45) is 4.80. The predicted molar refractivity (Wildman–Crippen MR) is 112 cm³/mol. The van der Waals surface area contributed by atoms with Crippen molar-refractivity contribution in [3.63, 3.8) is 0 Å². The van der Waals surface area contributed by atoms with Crippen LogP contribution in [0.1, 0.15) is 63.1 Å². The molecule has 0 spiro atoms. The van der Waals surface area contributed by atoms with Crippen LogP contribution in [0.3, 0.4) is 0 Å². The summed E-state index contributed by atoms with van der Waals surface area (Å²) in [7, 11) is 0. The third-order valence-electron chi connectivity index (χ3n) is 5.37. The molecule has 1 N–H and O–H groups in total. The second kappa shape index (κ2) is 8.59. The van der Waals surface area contributed by atoms with Crippen molar-refractivity contribution >= 4 is 17.4 Å². The Morgan fingerprint density at radius 3 is 2.64 bits per heavy atom. The minimum atomic E-state index is -0.506. The second-order valence-electron chi connectivity index (χ2n) is 8.16. The number of fused-ring (bicyclic) bond motifs is 1. The summed E-state index contributed by atoms with van der Waals surface area (Å²) < 4.78 is 6.00. The average Bonchev–Trinajstić information content (AvgIpc) is 2.89. The van der Waals surface area contributed by atoms with E-state index in [0.29, 0.717) is 13.0 Å². The third kappa shape index (κ3) is 4.80. The van der Waals surface area contributed by atoms with E-state index in [1.807, 2.05) is 38.1 Å². The van der Waals surface area contributed by atoms with Crippen molar-refractivity contribution in [1.82, 2.24) is 0 Å². The molecule has 0 aromatic heterocycles. The van der Waals surface area contributed by atoms with Crippen LogP contribution >= 0.6 is 0 Å². The van der Waals surface area contributed by atoms with Gasteiger partial charge in [0, 0.05) is 12.1 Å². The number of Topliss-reactive ketones (excluding diaryl/α,β-unsaturated/α-hetero) is 1. The van der Waals surface area contributed by atoms with Crippen LogP contribution in [0.2, 0.25) is 0 Å². The summed E-state index contributed by atoms with van der Waals surface area (Å²) in [6, 6.07) is 14.2. The summed E-state index contributed by atoms with van der Waals surface area (Å²) in [5.41, 5.74) is 3.72. The Morgan fingerprint density at radius 1 is 1.04 bits per heavy atom. The zero-order valence-electron chi connectivity index (χ0n) is 17.0. The maximum absolute atomic E-state index is 12.1. The first-order valence-electron chi connectivity index (χ1n) is 10.0. The van der Waals surface area contributed by atoms with Crippen LogP contribution in [0, 0.1) is 0 Å². The highest BCUT2D eigenvalue weighted by Gasteiger charge is 2.38. The molecule has 0 saturated heterocycles. The van der Waals surface area contributed by atoms with E-state index in [2.05, 4.69) is 23.5 Å². The zero-order valence-corrected chi connectivity index (χ0v) is 17.0. The van der Waals surface area contributed by atoms with Gasteiger partial charge in [0.15, 0.2) is 0 Å². The summed E-state index contributed by atoms with van der Waals surface area (Å²) in [4.78, 5) is 23.1. The quantitative estimate of drug-likeness (QED) is 0.610. The molecule has 4 nitrogen and oxygen atoms in total. The van der Waals surface area contributed by atoms with E-state index in [4.69, 9.17) is 4.74 Å². The molecule has 0 aliphatic carbocycles.